The minimum atomic E-state index is -4.42. The molecule has 0 aliphatic carbocycles. The fraction of sp³-hybridized carbons (Fsp3) is 0.125. The first kappa shape index (κ1) is 8.86. The van der Waals surface area contributed by atoms with Crippen LogP contribution in [0, 0.1) is 0 Å². The minimum Gasteiger partial charge on any atom is -0.383 e. The number of pyridine rings is 1. The van der Waals surface area contributed by atoms with Crippen LogP contribution in [0.25, 0.3) is 5.65 Å². The van der Waals surface area contributed by atoms with Crippen molar-refractivity contribution >= 4 is 11.5 Å². The maximum Gasteiger partial charge on any atom is 0.431 e. The summed E-state index contributed by atoms with van der Waals surface area (Å²) >= 11 is 0. The molecule has 0 aliphatic heterocycles. The lowest BCUT2D eigenvalue weighted by atomic mass is 10.3. The highest BCUT2D eigenvalue weighted by Crippen LogP contribution is 2.30. The summed E-state index contributed by atoms with van der Waals surface area (Å²) in [7, 11) is 0. The van der Waals surface area contributed by atoms with Gasteiger partial charge in [-0.3, -0.25) is 4.40 Å². The van der Waals surface area contributed by atoms with E-state index in [1.54, 1.807) is 0 Å². The zero-order chi connectivity index (χ0) is 10.3. The average Bonchev–Trinajstić information content (AvgIpc) is 2.46. The number of fused-ring (bicyclic) bond motifs is 1. The number of hydrogen-bond donors (Lipinski definition) is 1. The Hall–Kier alpha value is -1.72. The topological polar surface area (TPSA) is 43.3 Å². The first-order chi connectivity index (χ1) is 6.50. The van der Waals surface area contributed by atoms with Crippen molar-refractivity contribution < 1.29 is 13.2 Å². The van der Waals surface area contributed by atoms with E-state index < -0.39 is 11.9 Å². The normalized spacial score (nSPS) is 12.2. The van der Waals surface area contributed by atoms with E-state index in [0.29, 0.717) is 0 Å². The quantitative estimate of drug-likeness (QED) is 0.707. The maximum atomic E-state index is 12.5. The van der Waals surface area contributed by atoms with Crippen LogP contribution < -0.4 is 5.73 Å². The molecule has 0 unspecified atom stereocenters. The third kappa shape index (κ3) is 1.19. The number of nitrogen functional groups attached to an aromatic ring is 1. The molecule has 0 radical (unpaired) electrons. The highest BCUT2D eigenvalue weighted by molar-refractivity contribution is 5.49. The molecule has 2 N–H and O–H groups in total. The Kier molecular flexibility index (Phi) is 1.67. The summed E-state index contributed by atoms with van der Waals surface area (Å²) in [5.74, 6) is -0.0204. The number of halogens is 3. The Bertz CT molecular complexity index is 472. The molecule has 2 aromatic rings. The van der Waals surface area contributed by atoms with Gasteiger partial charge < -0.3 is 5.73 Å². The van der Waals surface area contributed by atoms with Gasteiger partial charge in [-0.05, 0) is 12.1 Å². The molecule has 2 heterocycles. The number of nitrogens with two attached hydrogens (primary N) is 1. The molecule has 14 heavy (non-hydrogen) atoms. The number of hydrogen-bond acceptors (Lipinski definition) is 2. The first-order valence-corrected chi connectivity index (χ1v) is 3.79. The standard InChI is InChI=1S/C8H6F3N3/c9-8(10,11)5-2-1-3-7-13-4-6(12)14(5)7/h1-4H,12H2. The fourth-order valence-corrected chi connectivity index (χ4v) is 1.28. The number of alkyl halides is 3. The van der Waals surface area contributed by atoms with E-state index in [2.05, 4.69) is 4.98 Å². The highest BCUT2D eigenvalue weighted by Gasteiger charge is 2.33. The lowest BCUT2D eigenvalue weighted by Crippen LogP contribution is -2.12. The summed E-state index contributed by atoms with van der Waals surface area (Å²) in [6, 6.07) is 3.72. The predicted molar refractivity (Wildman–Crippen MR) is 44.6 cm³/mol. The molecule has 0 atom stereocenters. The molecule has 0 aromatic carbocycles. The Morgan fingerprint density at radius 3 is 2.64 bits per heavy atom. The van der Waals surface area contributed by atoms with Gasteiger partial charge in [-0.2, -0.15) is 13.2 Å². The van der Waals surface area contributed by atoms with Crippen molar-refractivity contribution in [2.75, 3.05) is 5.73 Å². The van der Waals surface area contributed by atoms with Crippen LogP contribution in [0.3, 0.4) is 0 Å². The number of nitrogens with zero attached hydrogens (tertiary/aromatic N) is 2. The van der Waals surface area contributed by atoms with Gasteiger partial charge in [0, 0.05) is 0 Å². The largest absolute Gasteiger partial charge is 0.431 e. The average molecular weight is 201 g/mol. The second-order valence-electron chi connectivity index (χ2n) is 2.79. The van der Waals surface area contributed by atoms with Crippen molar-refractivity contribution in [3.05, 3.63) is 30.1 Å². The van der Waals surface area contributed by atoms with Gasteiger partial charge in [0.15, 0.2) is 0 Å². The van der Waals surface area contributed by atoms with Crippen molar-refractivity contribution in [3.8, 4) is 0 Å². The van der Waals surface area contributed by atoms with Crippen LogP contribution in [0.1, 0.15) is 5.69 Å². The smallest absolute Gasteiger partial charge is 0.383 e. The molecular weight excluding hydrogens is 195 g/mol. The first-order valence-electron chi connectivity index (χ1n) is 3.79. The summed E-state index contributed by atoms with van der Waals surface area (Å²) in [5.41, 5.74) is 4.75. The summed E-state index contributed by atoms with van der Waals surface area (Å²) in [6.45, 7) is 0. The van der Waals surface area contributed by atoms with Gasteiger partial charge in [-0.1, -0.05) is 6.07 Å². The van der Waals surface area contributed by atoms with E-state index >= 15 is 0 Å². The van der Waals surface area contributed by atoms with E-state index in [4.69, 9.17) is 5.73 Å². The molecule has 0 amide bonds. The van der Waals surface area contributed by atoms with E-state index in [1.807, 2.05) is 0 Å². The van der Waals surface area contributed by atoms with Crippen LogP contribution >= 0.6 is 0 Å². The van der Waals surface area contributed by atoms with Crippen LogP contribution in [0.15, 0.2) is 24.4 Å². The summed E-state index contributed by atoms with van der Waals surface area (Å²) in [4.78, 5) is 3.73. The van der Waals surface area contributed by atoms with E-state index in [1.165, 1.54) is 18.3 Å². The molecule has 74 valence electrons. The molecule has 0 bridgehead atoms. The Balaban J connectivity index is 2.82. The predicted octanol–water partition coefficient (Wildman–Crippen LogP) is 1.94. The summed E-state index contributed by atoms with van der Waals surface area (Å²) in [5, 5.41) is 0. The molecule has 6 heteroatoms. The molecule has 0 aliphatic rings. The highest BCUT2D eigenvalue weighted by atomic mass is 19.4. The third-order valence-corrected chi connectivity index (χ3v) is 1.85. The summed E-state index contributed by atoms with van der Waals surface area (Å²) < 4.78 is 38.3. The molecule has 0 saturated carbocycles. The maximum absolute atomic E-state index is 12.5. The van der Waals surface area contributed by atoms with Crippen LogP contribution in [0.5, 0.6) is 0 Å². The monoisotopic (exact) mass is 201 g/mol. The Morgan fingerprint density at radius 2 is 2.00 bits per heavy atom. The number of anilines is 1. The van der Waals surface area contributed by atoms with E-state index in [0.717, 1.165) is 10.5 Å². The van der Waals surface area contributed by atoms with Gasteiger partial charge in [0.2, 0.25) is 0 Å². The van der Waals surface area contributed by atoms with Crippen molar-refractivity contribution in [1.82, 2.24) is 9.38 Å². The second-order valence-corrected chi connectivity index (χ2v) is 2.79. The number of imidazole rings is 1. The van der Waals surface area contributed by atoms with Gasteiger partial charge in [-0.15, -0.1) is 0 Å². The molecule has 0 fully saturated rings. The number of rotatable bonds is 0. The SMILES string of the molecule is Nc1cnc2cccc(C(F)(F)F)n12. The Morgan fingerprint density at radius 1 is 1.29 bits per heavy atom. The van der Waals surface area contributed by atoms with Gasteiger partial charge in [0.25, 0.3) is 0 Å². The van der Waals surface area contributed by atoms with Crippen LogP contribution in [-0.4, -0.2) is 9.38 Å². The Labute approximate surface area is 77.0 Å². The second kappa shape index (κ2) is 2.63. The zero-order valence-corrected chi connectivity index (χ0v) is 6.92. The molecule has 2 rings (SSSR count). The third-order valence-electron chi connectivity index (χ3n) is 1.85. The van der Waals surface area contributed by atoms with Crippen molar-refractivity contribution in [2.24, 2.45) is 0 Å². The van der Waals surface area contributed by atoms with Crippen molar-refractivity contribution in [2.45, 2.75) is 6.18 Å². The molecular formula is C8H6F3N3. The fourth-order valence-electron chi connectivity index (χ4n) is 1.28. The van der Waals surface area contributed by atoms with Crippen LogP contribution in [-0.2, 0) is 6.18 Å². The lowest BCUT2D eigenvalue weighted by molar-refractivity contribution is -0.141. The van der Waals surface area contributed by atoms with Crippen LogP contribution in [0.2, 0.25) is 0 Å². The molecule has 0 spiro atoms. The van der Waals surface area contributed by atoms with Crippen molar-refractivity contribution in [3.63, 3.8) is 0 Å². The van der Waals surface area contributed by atoms with Gasteiger partial charge in [0.1, 0.15) is 17.2 Å². The van der Waals surface area contributed by atoms with E-state index in [9.17, 15) is 13.2 Å². The molecule has 0 saturated heterocycles. The number of aromatic nitrogens is 2. The molecule has 3 nitrogen and oxygen atoms in total. The zero-order valence-electron chi connectivity index (χ0n) is 6.92. The summed E-state index contributed by atoms with van der Waals surface area (Å²) in [6.07, 6.45) is -3.22. The van der Waals surface area contributed by atoms with Gasteiger partial charge >= 0.3 is 6.18 Å². The van der Waals surface area contributed by atoms with Crippen LogP contribution in [0.4, 0.5) is 19.0 Å². The molecule has 2 aromatic heterocycles. The van der Waals surface area contributed by atoms with E-state index in [-0.39, 0.29) is 11.5 Å². The van der Waals surface area contributed by atoms with Crippen molar-refractivity contribution in [1.29, 1.82) is 0 Å². The van der Waals surface area contributed by atoms with Gasteiger partial charge in [-0.25, -0.2) is 4.98 Å². The minimum absolute atomic E-state index is 0.0204. The van der Waals surface area contributed by atoms with Gasteiger partial charge in [0.05, 0.1) is 6.20 Å². The lowest BCUT2D eigenvalue weighted by Gasteiger charge is -2.09.